The summed E-state index contributed by atoms with van der Waals surface area (Å²) in [5.74, 6) is -0.750. The maximum Gasteiger partial charge on any atom is 0.320 e. The first kappa shape index (κ1) is 10.9. The normalized spacial score (nSPS) is 26.5. The van der Waals surface area contributed by atoms with Crippen LogP contribution >= 0.6 is 0 Å². The summed E-state index contributed by atoms with van der Waals surface area (Å²) < 4.78 is 0. The topological polar surface area (TPSA) is 52.6 Å². The van der Waals surface area contributed by atoms with Crippen molar-refractivity contribution in [1.29, 1.82) is 0 Å². The lowest BCUT2D eigenvalue weighted by Crippen LogP contribution is -2.48. The second-order valence-electron chi connectivity index (χ2n) is 4.77. The van der Waals surface area contributed by atoms with Gasteiger partial charge in [-0.15, -0.1) is 0 Å². The molecule has 1 heterocycles. The van der Waals surface area contributed by atoms with E-state index in [0.29, 0.717) is 6.04 Å². The molecule has 0 aromatic rings. The molecule has 1 saturated carbocycles. The van der Waals surface area contributed by atoms with Gasteiger partial charge in [0.1, 0.15) is 6.04 Å². The van der Waals surface area contributed by atoms with Gasteiger partial charge < -0.3 is 15.3 Å². The molecule has 0 aromatic heterocycles. The van der Waals surface area contributed by atoms with Crippen molar-refractivity contribution < 1.29 is 9.90 Å². The number of piperidine rings is 1. The van der Waals surface area contributed by atoms with Crippen molar-refractivity contribution in [2.24, 2.45) is 0 Å². The number of aliphatic carboxylic acids is 1. The van der Waals surface area contributed by atoms with E-state index in [0.717, 1.165) is 32.0 Å². The zero-order valence-electron chi connectivity index (χ0n) is 9.28. The lowest BCUT2D eigenvalue weighted by atomic mass is 10.0. The molecule has 1 atom stereocenters. The third kappa shape index (κ3) is 2.92. The molecule has 1 saturated heterocycles. The van der Waals surface area contributed by atoms with Crippen molar-refractivity contribution in [3.63, 3.8) is 0 Å². The number of carboxylic acid groups (broad SMARTS) is 1. The lowest BCUT2D eigenvalue weighted by Gasteiger charge is -2.33. The molecule has 1 unspecified atom stereocenters. The second-order valence-corrected chi connectivity index (χ2v) is 4.77. The highest BCUT2D eigenvalue weighted by atomic mass is 16.4. The van der Waals surface area contributed by atoms with Crippen LogP contribution < -0.4 is 5.32 Å². The van der Waals surface area contributed by atoms with E-state index in [1.807, 2.05) is 0 Å². The third-order valence-corrected chi connectivity index (χ3v) is 3.45. The Morgan fingerprint density at radius 1 is 1.33 bits per heavy atom. The predicted octanol–water partition coefficient (Wildman–Crippen LogP) is 0.676. The Hall–Kier alpha value is -0.610. The van der Waals surface area contributed by atoms with Crippen LogP contribution in [0.15, 0.2) is 0 Å². The van der Waals surface area contributed by atoms with Gasteiger partial charge in [-0.05, 0) is 45.7 Å². The molecule has 0 bridgehead atoms. The average molecular weight is 212 g/mol. The first-order valence-electron chi connectivity index (χ1n) is 5.89. The highest BCUT2D eigenvalue weighted by Crippen LogP contribution is 2.29. The fourth-order valence-corrected chi connectivity index (χ4v) is 2.30. The predicted molar refractivity (Wildman–Crippen MR) is 57.9 cm³/mol. The van der Waals surface area contributed by atoms with Gasteiger partial charge in [0.15, 0.2) is 0 Å². The Balaban J connectivity index is 1.70. The molecule has 15 heavy (non-hydrogen) atoms. The average Bonchev–Trinajstić information content (AvgIpc) is 3.02. The molecule has 1 aliphatic heterocycles. The van der Waals surface area contributed by atoms with Crippen LogP contribution in [-0.4, -0.2) is 47.2 Å². The van der Waals surface area contributed by atoms with Crippen molar-refractivity contribution in [2.45, 2.75) is 50.7 Å². The van der Waals surface area contributed by atoms with Crippen LogP contribution in [0.4, 0.5) is 0 Å². The van der Waals surface area contributed by atoms with Crippen molar-refractivity contribution in [2.75, 3.05) is 13.1 Å². The van der Waals surface area contributed by atoms with Crippen molar-refractivity contribution >= 4 is 5.97 Å². The fraction of sp³-hybridized carbons (Fsp3) is 0.909. The Bertz CT molecular complexity index is 233. The summed E-state index contributed by atoms with van der Waals surface area (Å²) in [4.78, 5) is 13.2. The van der Waals surface area contributed by atoms with Gasteiger partial charge in [-0.2, -0.15) is 0 Å². The summed E-state index contributed by atoms with van der Waals surface area (Å²) in [7, 11) is 0. The Kier molecular flexibility index (Phi) is 3.26. The largest absolute Gasteiger partial charge is 0.480 e. The molecule has 1 aliphatic carbocycles. The van der Waals surface area contributed by atoms with Gasteiger partial charge >= 0.3 is 5.97 Å². The molecular formula is C11H20N2O2. The quantitative estimate of drug-likeness (QED) is 0.719. The zero-order chi connectivity index (χ0) is 10.8. The Morgan fingerprint density at radius 3 is 2.40 bits per heavy atom. The van der Waals surface area contributed by atoms with Crippen molar-refractivity contribution in [1.82, 2.24) is 10.2 Å². The number of likely N-dealkylation sites (tertiary alicyclic amines) is 1. The number of hydrogen-bond acceptors (Lipinski definition) is 3. The minimum absolute atomic E-state index is 0.395. The molecule has 2 N–H and O–H groups in total. The summed E-state index contributed by atoms with van der Waals surface area (Å²) in [6, 6.07) is 0.830. The summed E-state index contributed by atoms with van der Waals surface area (Å²) >= 11 is 0. The fourth-order valence-electron chi connectivity index (χ4n) is 2.30. The summed E-state index contributed by atoms with van der Waals surface area (Å²) in [5, 5.41) is 12.0. The maximum atomic E-state index is 10.7. The number of rotatable bonds is 4. The van der Waals surface area contributed by atoms with E-state index in [1.165, 1.54) is 12.8 Å². The van der Waals surface area contributed by atoms with Gasteiger partial charge in [0.25, 0.3) is 0 Å². The summed E-state index contributed by atoms with van der Waals surface area (Å²) in [5.41, 5.74) is 0. The number of nitrogens with zero attached hydrogens (tertiary/aromatic N) is 1. The maximum absolute atomic E-state index is 10.7. The number of nitrogens with one attached hydrogen (secondary N) is 1. The third-order valence-electron chi connectivity index (χ3n) is 3.45. The molecule has 0 radical (unpaired) electrons. The van der Waals surface area contributed by atoms with Crippen LogP contribution in [0.3, 0.4) is 0 Å². The summed E-state index contributed by atoms with van der Waals surface area (Å²) in [6.45, 7) is 3.99. The van der Waals surface area contributed by atoms with Gasteiger partial charge in [-0.1, -0.05) is 0 Å². The Morgan fingerprint density at radius 2 is 1.93 bits per heavy atom. The number of hydrogen-bond donors (Lipinski definition) is 2. The molecule has 86 valence electrons. The molecule has 0 spiro atoms. The first-order chi connectivity index (χ1) is 7.16. The molecule has 2 fully saturated rings. The van der Waals surface area contributed by atoms with Crippen LogP contribution in [0, 0.1) is 0 Å². The van der Waals surface area contributed by atoms with Gasteiger partial charge in [-0.25, -0.2) is 0 Å². The molecule has 2 aliphatic rings. The van der Waals surface area contributed by atoms with Gasteiger partial charge in [0, 0.05) is 12.1 Å². The first-order valence-corrected chi connectivity index (χ1v) is 5.89. The van der Waals surface area contributed by atoms with Crippen LogP contribution in [0.5, 0.6) is 0 Å². The van der Waals surface area contributed by atoms with Crippen molar-refractivity contribution in [3.8, 4) is 0 Å². The monoisotopic (exact) mass is 212 g/mol. The second kappa shape index (κ2) is 4.49. The van der Waals surface area contributed by atoms with Crippen LogP contribution in [0.2, 0.25) is 0 Å². The molecular weight excluding hydrogens is 192 g/mol. The van der Waals surface area contributed by atoms with Crippen molar-refractivity contribution in [3.05, 3.63) is 0 Å². The zero-order valence-corrected chi connectivity index (χ0v) is 9.28. The lowest BCUT2D eigenvalue weighted by molar-refractivity contribution is -0.139. The van der Waals surface area contributed by atoms with E-state index < -0.39 is 12.0 Å². The van der Waals surface area contributed by atoms with E-state index >= 15 is 0 Å². The number of carbonyl (C=O) groups is 1. The minimum atomic E-state index is -0.750. The molecule has 0 amide bonds. The van der Waals surface area contributed by atoms with E-state index in [4.69, 9.17) is 5.11 Å². The number of carboxylic acids is 1. The van der Waals surface area contributed by atoms with Gasteiger partial charge in [-0.3, -0.25) is 4.79 Å². The van der Waals surface area contributed by atoms with Gasteiger partial charge in [0.2, 0.25) is 0 Å². The smallest absolute Gasteiger partial charge is 0.320 e. The Labute approximate surface area is 90.6 Å². The molecule has 4 nitrogen and oxygen atoms in total. The highest BCUT2D eigenvalue weighted by Gasteiger charge is 2.32. The molecule has 4 heteroatoms. The van der Waals surface area contributed by atoms with E-state index in [-0.39, 0.29) is 0 Å². The van der Waals surface area contributed by atoms with Crippen LogP contribution in [0.1, 0.15) is 32.6 Å². The summed E-state index contributed by atoms with van der Waals surface area (Å²) in [6.07, 6.45) is 4.91. The van der Waals surface area contributed by atoms with Gasteiger partial charge in [0.05, 0.1) is 0 Å². The SMILES string of the molecule is CC(NC1CCN(C2CC2)CC1)C(=O)O. The van der Waals surface area contributed by atoms with Crippen LogP contribution in [-0.2, 0) is 4.79 Å². The molecule has 0 aromatic carbocycles. The van der Waals surface area contributed by atoms with E-state index in [1.54, 1.807) is 6.92 Å². The standard InChI is InChI=1S/C11H20N2O2/c1-8(11(14)15)12-9-4-6-13(7-5-9)10-2-3-10/h8-10,12H,2-7H2,1H3,(H,14,15). The molecule has 2 rings (SSSR count). The van der Waals surface area contributed by atoms with Crippen LogP contribution in [0.25, 0.3) is 0 Å². The minimum Gasteiger partial charge on any atom is -0.480 e. The van der Waals surface area contributed by atoms with E-state index in [2.05, 4.69) is 10.2 Å². The van der Waals surface area contributed by atoms with E-state index in [9.17, 15) is 4.79 Å². The highest BCUT2D eigenvalue weighted by molar-refractivity contribution is 5.72.